The fraction of sp³-hybridized carbons (Fsp3) is 0.310. The molecule has 0 saturated heterocycles. The first kappa shape index (κ1) is 30.5. The molecule has 10 heteroatoms. The lowest BCUT2D eigenvalue weighted by atomic mass is 10.1. The number of sulfonamides is 1. The summed E-state index contributed by atoms with van der Waals surface area (Å²) in [5.74, 6) is -0.904. The van der Waals surface area contributed by atoms with Crippen molar-refractivity contribution in [3.63, 3.8) is 0 Å². The van der Waals surface area contributed by atoms with Crippen molar-refractivity contribution in [3.05, 3.63) is 93.5 Å². The van der Waals surface area contributed by atoms with Crippen LogP contribution in [0.4, 0.5) is 5.69 Å². The second kappa shape index (κ2) is 13.3. The number of anilines is 1. The number of hydrogen-bond donors (Lipinski definition) is 1. The van der Waals surface area contributed by atoms with E-state index in [9.17, 15) is 18.0 Å². The fourth-order valence-corrected chi connectivity index (χ4v) is 5.95. The van der Waals surface area contributed by atoms with E-state index in [1.807, 2.05) is 13.8 Å². The Balaban J connectivity index is 2.05. The van der Waals surface area contributed by atoms with Gasteiger partial charge in [-0.05, 0) is 68.7 Å². The van der Waals surface area contributed by atoms with E-state index < -0.39 is 28.5 Å². The number of amides is 2. The molecule has 7 nitrogen and oxygen atoms in total. The van der Waals surface area contributed by atoms with E-state index >= 15 is 0 Å². The number of para-hydroxylation sites is 1. The van der Waals surface area contributed by atoms with E-state index in [1.54, 1.807) is 68.4 Å². The van der Waals surface area contributed by atoms with E-state index in [4.69, 9.17) is 23.2 Å². The average Bonchev–Trinajstić information content (AvgIpc) is 2.90. The summed E-state index contributed by atoms with van der Waals surface area (Å²) in [5, 5.41) is 3.59. The van der Waals surface area contributed by atoms with Gasteiger partial charge in [0.05, 0.1) is 10.6 Å². The Hall–Kier alpha value is -3.07. The highest BCUT2D eigenvalue weighted by molar-refractivity contribution is 7.92. The highest BCUT2D eigenvalue weighted by atomic mass is 35.5. The first-order valence-corrected chi connectivity index (χ1v) is 14.8. The van der Waals surface area contributed by atoms with Gasteiger partial charge >= 0.3 is 0 Å². The smallest absolute Gasteiger partial charge is 0.264 e. The molecule has 0 aliphatic carbocycles. The summed E-state index contributed by atoms with van der Waals surface area (Å²) in [7, 11) is -4.13. The molecule has 2 amide bonds. The number of carbonyl (C=O) groups is 2. The third-order valence-corrected chi connectivity index (χ3v) is 8.71. The highest BCUT2D eigenvalue weighted by Crippen LogP contribution is 2.28. The molecule has 3 rings (SSSR count). The van der Waals surface area contributed by atoms with Gasteiger partial charge in [0.1, 0.15) is 12.6 Å². The van der Waals surface area contributed by atoms with Crippen LogP contribution < -0.4 is 9.62 Å². The number of benzene rings is 3. The molecule has 0 aliphatic rings. The van der Waals surface area contributed by atoms with Gasteiger partial charge in [-0.25, -0.2) is 8.42 Å². The van der Waals surface area contributed by atoms with Crippen LogP contribution in [0.15, 0.2) is 71.6 Å². The summed E-state index contributed by atoms with van der Waals surface area (Å²) in [6.45, 7) is 7.10. The Labute approximate surface area is 240 Å². The van der Waals surface area contributed by atoms with E-state index in [-0.39, 0.29) is 17.3 Å². The maximum absolute atomic E-state index is 13.9. The van der Waals surface area contributed by atoms with Gasteiger partial charge < -0.3 is 10.2 Å². The molecule has 3 aromatic rings. The van der Waals surface area contributed by atoms with Gasteiger partial charge in [-0.1, -0.05) is 72.1 Å². The summed E-state index contributed by atoms with van der Waals surface area (Å²) < 4.78 is 28.9. The quantitative estimate of drug-likeness (QED) is 0.308. The van der Waals surface area contributed by atoms with Crippen LogP contribution in [0, 0.1) is 13.8 Å². The summed E-state index contributed by atoms with van der Waals surface area (Å²) in [6.07, 6.45) is 0.727. The molecule has 3 aromatic carbocycles. The van der Waals surface area contributed by atoms with Crippen LogP contribution in [0.25, 0.3) is 0 Å². The number of hydrogen-bond acceptors (Lipinski definition) is 4. The monoisotopic (exact) mass is 589 g/mol. The number of carbonyl (C=O) groups excluding carboxylic acids is 2. The molecule has 0 aromatic heterocycles. The third-order valence-electron chi connectivity index (χ3n) is 6.34. The van der Waals surface area contributed by atoms with Crippen molar-refractivity contribution in [2.45, 2.75) is 51.6 Å². The molecule has 0 aliphatic heterocycles. The van der Waals surface area contributed by atoms with Crippen molar-refractivity contribution < 1.29 is 18.0 Å². The fourth-order valence-electron chi connectivity index (χ4n) is 4.01. The molecular weight excluding hydrogens is 557 g/mol. The van der Waals surface area contributed by atoms with E-state index in [0.717, 1.165) is 16.3 Å². The molecule has 1 N–H and O–H groups in total. The first-order valence-electron chi connectivity index (χ1n) is 12.6. The van der Waals surface area contributed by atoms with Crippen LogP contribution in [0.2, 0.25) is 10.0 Å². The number of rotatable bonds is 11. The molecule has 0 bridgehead atoms. The normalized spacial score (nSPS) is 12.1. The van der Waals surface area contributed by atoms with Crippen LogP contribution in [-0.4, -0.2) is 44.3 Å². The van der Waals surface area contributed by atoms with Gasteiger partial charge in [0, 0.05) is 23.1 Å². The maximum Gasteiger partial charge on any atom is 0.264 e. The Bertz CT molecular complexity index is 1430. The topological polar surface area (TPSA) is 86.8 Å². The van der Waals surface area contributed by atoms with Gasteiger partial charge in [-0.15, -0.1) is 0 Å². The predicted octanol–water partition coefficient (Wildman–Crippen LogP) is 5.75. The summed E-state index contributed by atoms with van der Waals surface area (Å²) >= 11 is 12.5. The number of nitrogens with zero attached hydrogens (tertiary/aromatic N) is 2. The van der Waals surface area contributed by atoms with Gasteiger partial charge in [-0.2, -0.15) is 0 Å². The molecule has 1 unspecified atom stereocenters. The van der Waals surface area contributed by atoms with Crippen molar-refractivity contribution >= 4 is 50.7 Å². The lowest BCUT2D eigenvalue weighted by Crippen LogP contribution is -2.51. The first-order chi connectivity index (χ1) is 18.4. The lowest BCUT2D eigenvalue weighted by molar-refractivity contribution is -0.139. The molecule has 0 saturated carbocycles. The van der Waals surface area contributed by atoms with Crippen molar-refractivity contribution in [1.82, 2.24) is 10.2 Å². The minimum Gasteiger partial charge on any atom is -0.354 e. The van der Waals surface area contributed by atoms with Gasteiger partial charge in [0.15, 0.2) is 0 Å². The molecule has 1 atom stereocenters. The van der Waals surface area contributed by atoms with Gasteiger partial charge in [0.25, 0.3) is 10.0 Å². The summed E-state index contributed by atoms with van der Waals surface area (Å²) in [4.78, 5) is 28.3. The molecule has 39 heavy (non-hydrogen) atoms. The van der Waals surface area contributed by atoms with E-state index in [1.165, 1.54) is 17.0 Å². The van der Waals surface area contributed by atoms with Crippen molar-refractivity contribution in [3.8, 4) is 0 Å². The Kier molecular flexibility index (Phi) is 10.4. The zero-order valence-corrected chi connectivity index (χ0v) is 24.8. The SMILES string of the molecule is CCCNC(=O)C(C)N(Cc1ccc(Cl)cc1Cl)C(=O)CN(c1ccccc1C)S(=O)(=O)c1ccc(C)cc1. The number of halogens is 2. The third kappa shape index (κ3) is 7.53. The van der Waals surface area contributed by atoms with E-state index in [2.05, 4.69) is 5.32 Å². The zero-order valence-electron chi connectivity index (χ0n) is 22.4. The van der Waals surface area contributed by atoms with Crippen molar-refractivity contribution in [2.75, 3.05) is 17.4 Å². The molecule has 0 fully saturated rings. The minimum absolute atomic E-state index is 0.0122. The van der Waals surface area contributed by atoms with E-state index in [0.29, 0.717) is 33.4 Å². The van der Waals surface area contributed by atoms with Crippen molar-refractivity contribution in [1.29, 1.82) is 0 Å². The Morgan fingerprint density at radius 2 is 1.64 bits per heavy atom. The number of nitrogens with one attached hydrogen (secondary N) is 1. The van der Waals surface area contributed by atoms with Crippen LogP contribution in [0.3, 0.4) is 0 Å². The summed E-state index contributed by atoms with van der Waals surface area (Å²) in [5.41, 5.74) is 2.54. The van der Waals surface area contributed by atoms with Crippen LogP contribution in [-0.2, 0) is 26.2 Å². The Morgan fingerprint density at radius 3 is 2.26 bits per heavy atom. The summed E-state index contributed by atoms with van der Waals surface area (Å²) in [6, 6.07) is 17.4. The van der Waals surface area contributed by atoms with Crippen LogP contribution >= 0.6 is 23.2 Å². The predicted molar refractivity (Wildman–Crippen MR) is 157 cm³/mol. The molecular formula is C29H33Cl2N3O4S. The highest BCUT2D eigenvalue weighted by Gasteiger charge is 2.33. The standard InChI is InChI=1S/C29H33Cl2N3O4S/c1-5-16-32-29(36)22(4)33(18-23-12-13-24(30)17-26(23)31)28(35)19-34(27-9-7-6-8-21(27)3)39(37,38)25-14-10-20(2)11-15-25/h6-15,17,22H,5,16,18-19H2,1-4H3,(H,32,36). The zero-order chi connectivity index (χ0) is 28.7. The molecule has 0 heterocycles. The second-order valence-corrected chi connectivity index (χ2v) is 12.0. The minimum atomic E-state index is -4.13. The van der Waals surface area contributed by atoms with Crippen LogP contribution in [0.1, 0.15) is 37.0 Å². The largest absolute Gasteiger partial charge is 0.354 e. The van der Waals surface area contributed by atoms with Crippen molar-refractivity contribution in [2.24, 2.45) is 0 Å². The van der Waals surface area contributed by atoms with Gasteiger partial charge in [0.2, 0.25) is 11.8 Å². The Morgan fingerprint density at radius 1 is 0.974 bits per heavy atom. The van der Waals surface area contributed by atoms with Crippen LogP contribution in [0.5, 0.6) is 0 Å². The maximum atomic E-state index is 13.9. The average molecular weight is 591 g/mol. The molecule has 0 spiro atoms. The van der Waals surface area contributed by atoms with Gasteiger partial charge in [-0.3, -0.25) is 13.9 Å². The number of aryl methyl sites for hydroxylation is 2. The second-order valence-electron chi connectivity index (χ2n) is 9.34. The molecule has 208 valence electrons. The molecule has 0 radical (unpaired) electrons. The lowest BCUT2D eigenvalue weighted by Gasteiger charge is -2.32.